The number of amides is 1. The minimum Gasteiger partial charge on any atom is -0.495 e. The van der Waals surface area contributed by atoms with E-state index in [4.69, 9.17) is 9.47 Å². The van der Waals surface area contributed by atoms with Crippen molar-refractivity contribution in [3.05, 3.63) is 41.5 Å². The second-order valence-corrected chi connectivity index (χ2v) is 9.11. The third kappa shape index (κ3) is 4.68. The summed E-state index contributed by atoms with van der Waals surface area (Å²) in [5, 5.41) is 6.52. The van der Waals surface area contributed by atoms with Gasteiger partial charge in [-0.3, -0.25) is 4.79 Å². The first-order valence-corrected chi connectivity index (χ1v) is 10.8. The summed E-state index contributed by atoms with van der Waals surface area (Å²) in [6.07, 6.45) is 0. The zero-order valence-corrected chi connectivity index (χ0v) is 18.9. The van der Waals surface area contributed by atoms with E-state index in [-0.39, 0.29) is 27.9 Å². The molecule has 0 radical (unpaired) electrons. The molecule has 1 aromatic carbocycles. The Labute approximate surface area is 184 Å². The number of benzene rings is 1. The van der Waals surface area contributed by atoms with E-state index in [1.807, 2.05) is 0 Å². The van der Waals surface area contributed by atoms with Crippen molar-refractivity contribution in [2.45, 2.75) is 18.7 Å². The number of fused-ring (bicyclic) bond motifs is 1. The molecule has 0 aliphatic rings. The third-order valence-corrected chi connectivity index (χ3v) is 6.17. The Morgan fingerprint density at radius 2 is 1.88 bits per heavy atom. The Hall–Kier alpha value is -3.58. The molecule has 0 bridgehead atoms. The molecule has 1 amide bonds. The normalized spacial score (nSPS) is 11.6. The van der Waals surface area contributed by atoms with Crippen LogP contribution in [0.2, 0.25) is 0 Å². The number of methoxy groups -OCH3 is 1. The summed E-state index contributed by atoms with van der Waals surface area (Å²) in [4.78, 5) is 32.8. The van der Waals surface area contributed by atoms with E-state index in [1.54, 1.807) is 19.9 Å². The van der Waals surface area contributed by atoms with Gasteiger partial charge in [0.1, 0.15) is 5.75 Å². The highest BCUT2D eigenvalue weighted by atomic mass is 32.2. The molecule has 0 fully saturated rings. The monoisotopic (exact) mass is 462 g/mol. The second kappa shape index (κ2) is 8.88. The zero-order chi connectivity index (χ0) is 23.6. The van der Waals surface area contributed by atoms with Gasteiger partial charge in [0, 0.05) is 25.5 Å². The molecule has 12 nitrogen and oxygen atoms in total. The number of hydrogen-bond acceptors (Lipinski definition) is 9. The number of esters is 1. The molecule has 170 valence electrons. The fraction of sp³-hybridized carbons (Fsp3) is 0.316. The quantitative estimate of drug-likeness (QED) is 0.504. The van der Waals surface area contributed by atoms with Crippen LogP contribution in [0.4, 0.5) is 5.69 Å². The molecule has 0 unspecified atom stereocenters. The van der Waals surface area contributed by atoms with Crippen molar-refractivity contribution in [3.63, 3.8) is 0 Å². The molecule has 32 heavy (non-hydrogen) atoms. The van der Waals surface area contributed by atoms with Gasteiger partial charge in [0.25, 0.3) is 17.5 Å². The van der Waals surface area contributed by atoms with Crippen LogP contribution in [-0.2, 0) is 19.6 Å². The molecule has 0 spiro atoms. The SMILES string of the molecule is COc1ccc(S(=O)(=O)N(C)C)cc1NC(=O)COC(=O)c1nc2nc(C)cc(C)n2n1. The van der Waals surface area contributed by atoms with Crippen LogP contribution in [-0.4, -0.2) is 72.0 Å². The Kier molecular flexibility index (Phi) is 6.41. The molecule has 3 aromatic rings. The van der Waals surface area contributed by atoms with Gasteiger partial charge in [0.05, 0.1) is 17.7 Å². The lowest BCUT2D eigenvalue weighted by Crippen LogP contribution is -2.24. The third-order valence-electron chi connectivity index (χ3n) is 4.36. The van der Waals surface area contributed by atoms with Crippen molar-refractivity contribution in [1.29, 1.82) is 0 Å². The van der Waals surface area contributed by atoms with Gasteiger partial charge >= 0.3 is 5.97 Å². The van der Waals surface area contributed by atoms with Gasteiger partial charge in [-0.1, -0.05) is 0 Å². The molecule has 0 saturated heterocycles. The first kappa shape index (κ1) is 23.1. The maximum atomic E-state index is 12.3. The van der Waals surface area contributed by atoms with Crippen LogP contribution in [0, 0.1) is 13.8 Å². The van der Waals surface area contributed by atoms with Crippen molar-refractivity contribution >= 4 is 33.4 Å². The van der Waals surface area contributed by atoms with E-state index in [1.165, 1.54) is 43.9 Å². The van der Waals surface area contributed by atoms with Crippen LogP contribution in [0.25, 0.3) is 5.78 Å². The summed E-state index contributed by atoms with van der Waals surface area (Å²) >= 11 is 0. The van der Waals surface area contributed by atoms with Crippen LogP contribution in [0.15, 0.2) is 29.2 Å². The van der Waals surface area contributed by atoms with Gasteiger partial charge in [-0.05, 0) is 38.1 Å². The van der Waals surface area contributed by atoms with Gasteiger partial charge in [-0.25, -0.2) is 27.0 Å². The molecule has 0 atom stereocenters. The van der Waals surface area contributed by atoms with Crippen LogP contribution in [0.5, 0.6) is 5.75 Å². The number of carbonyl (C=O) groups excluding carboxylic acids is 2. The summed E-state index contributed by atoms with van der Waals surface area (Å²) in [6, 6.07) is 5.81. The van der Waals surface area contributed by atoms with Gasteiger partial charge < -0.3 is 14.8 Å². The van der Waals surface area contributed by atoms with Gasteiger partial charge in [-0.2, -0.15) is 4.98 Å². The van der Waals surface area contributed by atoms with E-state index in [9.17, 15) is 18.0 Å². The Bertz CT molecular complexity index is 1300. The minimum absolute atomic E-state index is 0.0392. The number of aryl methyl sites for hydroxylation is 2. The molecular weight excluding hydrogens is 440 g/mol. The standard InChI is InChI=1S/C19H22N6O6S/c1-11-8-12(2)25-19(20-11)22-17(23-25)18(27)31-10-16(26)21-14-9-13(6-7-15(14)30-5)32(28,29)24(3)4/h6-9H,10H2,1-5H3,(H,21,26). The van der Waals surface area contributed by atoms with E-state index < -0.39 is 28.5 Å². The molecule has 13 heteroatoms. The second-order valence-electron chi connectivity index (χ2n) is 6.96. The number of sulfonamides is 1. The van der Waals surface area contributed by atoms with Gasteiger partial charge in [0.2, 0.25) is 10.0 Å². The molecule has 2 aromatic heterocycles. The largest absolute Gasteiger partial charge is 0.495 e. The average Bonchev–Trinajstić information content (AvgIpc) is 3.16. The summed E-state index contributed by atoms with van der Waals surface area (Å²) in [6.45, 7) is 2.93. The van der Waals surface area contributed by atoms with Crippen LogP contribution in [0.1, 0.15) is 22.0 Å². The van der Waals surface area contributed by atoms with Gasteiger partial charge in [0.15, 0.2) is 6.61 Å². The molecule has 3 rings (SSSR count). The Morgan fingerprint density at radius 3 is 2.53 bits per heavy atom. The first-order chi connectivity index (χ1) is 15.0. The van der Waals surface area contributed by atoms with Crippen molar-refractivity contribution in [1.82, 2.24) is 23.9 Å². The fourth-order valence-electron chi connectivity index (χ4n) is 2.79. The zero-order valence-electron chi connectivity index (χ0n) is 18.1. The van der Waals surface area contributed by atoms with E-state index in [2.05, 4.69) is 20.4 Å². The summed E-state index contributed by atoms with van der Waals surface area (Å²) in [5.74, 6) is -1.37. The lowest BCUT2D eigenvalue weighted by atomic mass is 10.3. The summed E-state index contributed by atoms with van der Waals surface area (Å²) in [5.41, 5.74) is 1.56. The molecule has 1 N–H and O–H groups in total. The predicted octanol–water partition coefficient (Wildman–Crippen LogP) is 0.796. The van der Waals surface area contributed by atoms with Crippen LogP contribution >= 0.6 is 0 Å². The average molecular weight is 462 g/mol. The highest BCUT2D eigenvalue weighted by Gasteiger charge is 2.21. The summed E-state index contributed by atoms with van der Waals surface area (Å²) in [7, 11) is 0.432. The predicted molar refractivity (Wildman–Crippen MR) is 113 cm³/mol. The fourth-order valence-corrected chi connectivity index (χ4v) is 3.72. The van der Waals surface area contributed by atoms with Crippen molar-refractivity contribution in [3.8, 4) is 5.75 Å². The number of rotatable bonds is 7. The highest BCUT2D eigenvalue weighted by Crippen LogP contribution is 2.28. The number of nitrogens with one attached hydrogen (secondary N) is 1. The van der Waals surface area contributed by atoms with E-state index >= 15 is 0 Å². The van der Waals surface area contributed by atoms with Gasteiger partial charge in [-0.15, -0.1) is 5.10 Å². The summed E-state index contributed by atoms with van der Waals surface area (Å²) < 4.78 is 37.3. The number of hydrogen-bond donors (Lipinski definition) is 1. The van der Waals surface area contributed by atoms with Crippen LogP contribution in [0.3, 0.4) is 0 Å². The smallest absolute Gasteiger partial charge is 0.378 e. The Balaban J connectivity index is 1.72. The maximum absolute atomic E-state index is 12.3. The lowest BCUT2D eigenvalue weighted by molar-refractivity contribution is -0.119. The topological polar surface area (TPSA) is 145 Å². The Morgan fingerprint density at radius 1 is 1.16 bits per heavy atom. The van der Waals surface area contributed by atoms with E-state index in [0.717, 1.165) is 10.00 Å². The maximum Gasteiger partial charge on any atom is 0.378 e. The molecule has 0 saturated carbocycles. The molecular formula is C19H22N6O6S. The van der Waals surface area contributed by atoms with Crippen LogP contribution < -0.4 is 10.1 Å². The number of nitrogens with zero attached hydrogens (tertiary/aromatic N) is 5. The molecule has 0 aliphatic carbocycles. The first-order valence-electron chi connectivity index (χ1n) is 9.31. The highest BCUT2D eigenvalue weighted by molar-refractivity contribution is 7.89. The molecule has 2 heterocycles. The van der Waals surface area contributed by atoms with Crippen molar-refractivity contribution in [2.24, 2.45) is 0 Å². The van der Waals surface area contributed by atoms with E-state index in [0.29, 0.717) is 5.69 Å². The van der Waals surface area contributed by atoms with Crippen molar-refractivity contribution in [2.75, 3.05) is 33.1 Å². The minimum atomic E-state index is -3.73. The molecule has 0 aliphatic heterocycles. The number of anilines is 1. The number of aromatic nitrogens is 4. The number of carbonyl (C=O) groups is 2. The number of ether oxygens (including phenoxy) is 2. The van der Waals surface area contributed by atoms with Crippen molar-refractivity contribution < 1.29 is 27.5 Å². The lowest BCUT2D eigenvalue weighted by Gasteiger charge is -2.15.